The number of ether oxygens (including phenoxy) is 2. The topological polar surface area (TPSA) is 55.8 Å². The van der Waals surface area contributed by atoms with Gasteiger partial charge in [0.2, 0.25) is 0 Å². The largest absolute Gasteiger partial charge is 0.465 e. The third-order valence-corrected chi connectivity index (χ3v) is 4.28. The van der Waals surface area contributed by atoms with E-state index in [1.165, 1.54) is 20.3 Å². The third-order valence-electron chi connectivity index (χ3n) is 3.07. The molecule has 1 aliphatic heterocycles. The zero-order valence-corrected chi connectivity index (χ0v) is 14.7. The van der Waals surface area contributed by atoms with Crippen LogP contribution in [0.3, 0.4) is 0 Å². The highest BCUT2D eigenvalue weighted by atomic mass is 79.9. The number of anilines is 1. The summed E-state index contributed by atoms with van der Waals surface area (Å²) in [5.41, 5.74) is 0.775. The Hall–Kier alpha value is -2.05. The zero-order valence-electron chi connectivity index (χ0n) is 12.4. The van der Waals surface area contributed by atoms with Gasteiger partial charge in [-0.15, -0.1) is 0 Å². The number of nitrogens with zero attached hydrogens (tertiary/aromatic N) is 1. The van der Waals surface area contributed by atoms with Gasteiger partial charge >= 0.3 is 11.9 Å². The molecule has 0 saturated carbocycles. The van der Waals surface area contributed by atoms with E-state index in [1.54, 1.807) is 41.5 Å². The van der Waals surface area contributed by atoms with Crippen molar-refractivity contribution in [1.82, 2.24) is 0 Å². The highest BCUT2D eigenvalue weighted by Crippen LogP contribution is 2.31. The first kappa shape index (κ1) is 17.3. The number of benzene rings is 1. The Morgan fingerprint density at radius 3 is 2.43 bits per heavy atom. The summed E-state index contributed by atoms with van der Waals surface area (Å²) < 4.78 is 10.2. The number of carbonyl (C=O) groups excluding carboxylic acids is 2. The third kappa shape index (κ3) is 3.65. The normalized spacial score (nSPS) is 13.8. The molecule has 1 heterocycles. The van der Waals surface area contributed by atoms with Crippen LogP contribution in [0.1, 0.15) is 0 Å². The predicted molar refractivity (Wildman–Crippen MR) is 91.0 cm³/mol. The fourth-order valence-electron chi connectivity index (χ4n) is 2.00. The summed E-state index contributed by atoms with van der Waals surface area (Å²) in [6.07, 6.45) is 6.48. The van der Waals surface area contributed by atoms with E-state index in [0.717, 1.165) is 0 Å². The zero-order chi connectivity index (χ0) is 17.0. The lowest BCUT2D eigenvalue weighted by Gasteiger charge is -2.23. The maximum atomic E-state index is 12.3. The van der Waals surface area contributed by atoms with Crippen LogP contribution in [0.25, 0.3) is 0 Å². The Labute approximate surface area is 146 Å². The maximum Gasteiger partial charge on any atom is 0.355 e. The van der Waals surface area contributed by atoms with Crippen molar-refractivity contribution in [2.24, 2.45) is 0 Å². The van der Waals surface area contributed by atoms with Gasteiger partial charge in [-0.25, -0.2) is 9.59 Å². The van der Waals surface area contributed by atoms with Gasteiger partial charge in [0.15, 0.2) is 0 Å². The second-order valence-electron chi connectivity index (χ2n) is 4.41. The molecule has 0 atom stereocenters. The molecule has 0 spiro atoms. The minimum absolute atomic E-state index is 0.0542. The van der Waals surface area contributed by atoms with Gasteiger partial charge in [-0.05, 0) is 46.3 Å². The molecule has 23 heavy (non-hydrogen) atoms. The summed E-state index contributed by atoms with van der Waals surface area (Å²) in [5.74, 6) is -1.30. The molecule has 0 saturated heterocycles. The number of allylic oxidation sites excluding steroid dienone is 2. The summed E-state index contributed by atoms with van der Waals surface area (Å²) in [6, 6.07) is 5.14. The lowest BCUT2D eigenvalue weighted by Crippen LogP contribution is -2.26. The van der Waals surface area contributed by atoms with Gasteiger partial charge in [0.1, 0.15) is 5.70 Å². The van der Waals surface area contributed by atoms with E-state index < -0.39 is 11.9 Å². The molecule has 0 unspecified atom stereocenters. The molecule has 0 fully saturated rings. The number of methoxy groups -OCH3 is 2. The summed E-state index contributed by atoms with van der Waals surface area (Å²) in [5, 5.41) is 0.530. The van der Waals surface area contributed by atoms with Crippen LogP contribution in [0.2, 0.25) is 5.02 Å². The molecule has 0 N–H and O–H groups in total. The summed E-state index contributed by atoms with van der Waals surface area (Å²) >= 11 is 9.35. The Morgan fingerprint density at radius 1 is 1.13 bits per heavy atom. The van der Waals surface area contributed by atoms with Crippen molar-refractivity contribution >= 4 is 45.2 Å². The molecular formula is C16H13BrClNO4. The van der Waals surface area contributed by atoms with E-state index in [9.17, 15) is 9.59 Å². The molecule has 0 aromatic heterocycles. The van der Waals surface area contributed by atoms with Crippen molar-refractivity contribution < 1.29 is 19.1 Å². The number of hydrogen-bond donors (Lipinski definition) is 0. The molecule has 120 valence electrons. The van der Waals surface area contributed by atoms with Gasteiger partial charge in [0.05, 0.1) is 24.8 Å². The molecule has 2 rings (SSSR count). The van der Waals surface area contributed by atoms with Crippen LogP contribution < -0.4 is 4.90 Å². The van der Waals surface area contributed by atoms with Crippen molar-refractivity contribution in [3.8, 4) is 0 Å². The molecule has 1 aromatic rings. The van der Waals surface area contributed by atoms with Crippen molar-refractivity contribution in [3.63, 3.8) is 0 Å². The van der Waals surface area contributed by atoms with E-state index >= 15 is 0 Å². The van der Waals surface area contributed by atoms with Gasteiger partial charge in [-0.3, -0.25) is 0 Å². The number of esters is 2. The average Bonchev–Trinajstić information content (AvgIpc) is 2.78. The SMILES string of the molecule is COC(=O)C1=C(C(=O)OC)N(c2ccc(Cl)c(Br)c2)C=CC=C1. The Bertz CT molecular complexity index is 740. The van der Waals surface area contributed by atoms with Crippen LogP contribution in [0.15, 0.2) is 58.4 Å². The van der Waals surface area contributed by atoms with E-state index in [0.29, 0.717) is 15.2 Å². The second-order valence-corrected chi connectivity index (χ2v) is 5.68. The number of halogens is 2. The van der Waals surface area contributed by atoms with E-state index in [2.05, 4.69) is 15.9 Å². The van der Waals surface area contributed by atoms with Gasteiger partial charge in [0.25, 0.3) is 0 Å². The molecule has 1 aliphatic rings. The monoisotopic (exact) mass is 397 g/mol. The van der Waals surface area contributed by atoms with Gasteiger partial charge in [0, 0.05) is 16.4 Å². The molecule has 0 amide bonds. The van der Waals surface area contributed by atoms with Crippen LogP contribution in [-0.2, 0) is 19.1 Å². The fraction of sp³-hybridized carbons (Fsp3) is 0.125. The predicted octanol–water partition coefficient (Wildman–Crippen LogP) is 3.59. The van der Waals surface area contributed by atoms with Crippen LogP contribution in [-0.4, -0.2) is 26.2 Å². The molecule has 0 bridgehead atoms. The summed E-state index contributed by atoms with van der Waals surface area (Å²) in [4.78, 5) is 25.8. The van der Waals surface area contributed by atoms with E-state index in [-0.39, 0.29) is 11.3 Å². The Kier molecular flexibility index (Phi) is 5.63. The lowest BCUT2D eigenvalue weighted by molar-refractivity contribution is -0.139. The second kappa shape index (κ2) is 7.48. The summed E-state index contributed by atoms with van der Waals surface area (Å²) in [6.45, 7) is 0. The van der Waals surface area contributed by atoms with Gasteiger partial charge in [-0.2, -0.15) is 0 Å². The Morgan fingerprint density at radius 2 is 1.83 bits per heavy atom. The van der Waals surface area contributed by atoms with E-state index in [4.69, 9.17) is 21.1 Å². The number of hydrogen-bond acceptors (Lipinski definition) is 5. The van der Waals surface area contributed by atoms with Crippen molar-refractivity contribution in [2.45, 2.75) is 0 Å². The lowest BCUT2D eigenvalue weighted by atomic mass is 10.1. The first-order valence-corrected chi connectivity index (χ1v) is 7.66. The highest BCUT2D eigenvalue weighted by Gasteiger charge is 2.27. The van der Waals surface area contributed by atoms with Gasteiger partial charge < -0.3 is 14.4 Å². The smallest absolute Gasteiger partial charge is 0.355 e. The quantitative estimate of drug-likeness (QED) is 0.728. The van der Waals surface area contributed by atoms with Crippen molar-refractivity contribution in [3.05, 3.63) is 63.4 Å². The maximum absolute atomic E-state index is 12.3. The average molecular weight is 399 g/mol. The van der Waals surface area contributed by atoms with Crippen molar-refractivity contribution in [1.29, 1.82) is 0 Å². The summed E-state index contributed by atoms with van der Waals surface area (Å²) in [7, 11) is 2.50. The fourth-order valence-corrected chi connectivity index (χ4v) is 2.48. The molecule has 1 aromatic carbocycles. The van der Waals surface area contributed by atoms with Crippen molar-refractivity contribution in [2.75, 3.05) is 19.1 Å². The molecular weight excluding hydrogens is 386 g/mol. The number of rotatable bonds is 3. The standard InChI is InChI=1S/C16H13BrClNO4/c1-22-15(20)11-5-3-4-8-19(14(11)16(21)23-2)10-6-7-13(18)12(17)9-10/h3-9H,1-2H3. The first-order chi connectivity index (χ1) is 11.0. The van der Waals surface area contributed by atoms with Crippen LogP contribution in [0, 0.1) is 0 Å². The minimum Gasteiger partial charge on any atom is -0.465 e. The number of carbonyl (C=O) groups is 2. The molecule has 7 heteroatoms. The van der Waals surface area contributed by atoms with Crippen LogP contribution >= 0.6 is 27.5 Å². The molecule has 0 aliphatic carbocycles. The highest BCUT2D eigenvalue weighted by molar-refractivity contribution is 9.10. The van der Waals surface area contributed by atoms with Crippen LogP contribution in [0.5, 0.6) is 0 Å². The minimum atomic E-state index is -0.660. The van der Waals surface area contributed by atoms with E-state index in [1.807, 2.05) is 0 Å². The van der Waals surface area contributed by atoms with Gasteiger partial charge in [-0.1, -0.05) is 17.7 Å². The first-order valence-electron chi connectivity index (χ1n) is 6.49. The van der Waals surface area contributed by atoms with Crippen LogP contribution in [0.4, 0.5) is 5.69 Å². The molecule has 0 radical (unpaired) electrons. The molecule has 5 nitrogen and oxygen atoms in total. The Balaban J connectivity index is 2.65.